The predicted octanol–water partition coefficient (Wildman–Crippen LogP) is 3.34. The predicted molar refractivity (Wildman–Crippen MR) is 82.6 cm³/mol. The van der Waals surface area contributed by atoms with Crippen LogP contribution in [0.4, 0.5) is 11.4 Å². The maximum absolute atomic E-state index is 12.3. The van der Waals surface area contributed by atoms with Crippen LogP contribution in [0.25, 0.3) is 0 Å². The van der Waals surface area contributed by atoms with Crippen molar-refractivity contribution < 1.29 is 8.42 Å². The van der Waals surface area contributed by atoms with Crippen LogP contribution in [0.15, 0.2) is 41.3 Å². The SMILES string of the molecule is Cc1ccc(NS(=O)(=O)c2cc(N)ccc2Cl)cc1C. The van der Waals surface area contributed by atoms with Gasteiger partial charge >= 0.3 is 0 Å². The summed E-state index contributed by atoms with van der Waals surface area (Å²) < 4.78 is 27.1. The van der Waals surface area contributed by atoms with Gasteiger partial charge in [-0.05, 0) is 55.3 Å². The monoisotopic (exact) mass is 310 g/mol. The largest absolute Gasteiger partial charge is 0.399 e. The van der Waals surface area contributed by atoms with Gasteiger partial charge in [-0.1, -0.05) is 17.7 Å². The van der Waals surface area contributed by atoms with Gasteiger partial charge in [-0.3, -0.25) is 4.72 Å². The fraction of sp³-hybridized carbons (Fsp3) is 0.143. The van der Waals surface area contributed by atoms with Crippen molar-refractivity contribution in [2.45, 2.75) is 18.7 Å². The van der Waals surface area contributed by atoms with Crippen molar-refractivity contribution in [2.75, 3.05) is 10.5 Å². The Morgan fingerprint density at radius 2 is 1.75 bits per heavy atom. The molecular formula is C14H15ClN2O2S. The third kappa shape index (κ3) is 3.05. The zero-order valence-corrected chi connectivity index (χ0v) is 12.7. The van der Waals surface area contributed by atoms with Gasteiger partial charge in [-0.15, -0.1) is 0 Å². The minimum Gasteiger partial charge on any atom is -0.399 e. The zero-order chi connectivity index (χ0) is 14.9. The van der Waals surface area contributed by atoms with Gasteiger partial charge in [-0.25, -0.2) is 8.42 Å². The van der Waals surface area contributed by atoms with E-state index in [1.807, 2.05) is 19.9 Å². The first-order valence-corrected chi connectivity index (χ1v) is 7.81. The van der Waals surface area contributed by atoms with Gasteiger partial charge in [0.1, 0.15) is 4.90 Å². The molecule has 0 atom stereocenters. The van der Waals surface area contributed by atoms with E-state index < -0.39 is 10.0 Å². The molecule has 20 heavy (non-hydrogen) atoms. The number of sulfonamides is 1. The van der Waals surface area contributed by atoms with Crippen LogP contribution in [-0.4, -0.2) is 8.42 Å². The van der Waals surface area contributed by atoms with Crippen molar-refractivity contribution in [3.05, 3.63) is 52.5 Å². The molecule has 0 amide bonds. The van der Waals surface area contributed by atoms with Crippen LogP contribution in [0, 0.1) is 13.8 Å². The maximum Gasteiger partial charge on any atom is 0.263 e. The van der Waals surface area contributed by atoms with E-state index in [4.69, 9.17) is 17.3 Å². The van der Waals surface area contributed by atoms with Gasteiger partial charge in [-0.2, -0.15) is 0 Å². The Labute approximate surface area is 123 Å². The molecule has 106 valence electrons. The van der Waals surface area contributed by atoms with E-state index in [-0.39, 0.29) is 9.92 Å². The van der Waals surface area contributed by atoms with E-state index in [1.54, 1.807) is 18.2 Å². The van der Waals surface area contributed by atoms with Crippen molar-refractivity contribution >= 4 is 33.0 Å². The number of aryl methyl sites for hydroxylation is 2. The molecular weight excluding hydrogens is 296 g/mol. The number of benzene rings is 2. The molecule has 0 fully saturated rings. The summed E-state index contributed by atoms with van der Waals surface area (Å²) in [6.45, 7) is 3.88. The Balaban J connectivity index is 2.40. The molecule has 0 aromatic heterocycles. The van der Waals surface area contributed by atoms with Crippen LogP contribution in [0.5, 0.6) is 0 Å². The fourth-order valence-electron chi connectivity index (χ4n) is 1.74. The summed E-state index contributed by atoms with van der Waals surface area (Å²) in [7, 11) is -3.76. The number of nitrogens with two attached hydrogens (primary N) is 1. The minimum absolute atomic E-state index is 0.0302. The molecule has 0 saturated heterocycles. The molecule has 6 heteroatoms. The Hall–Kier alpha value is -1.72. The van der Waals surface area contributed by atoms with Crippen LogP contribution < -0.4 is 10.5 Å². The number of rotatable bonds is 3. The standard InChI is InChI=1S/C14H15ClN2O2S/c1-9-3-5-12(7-10(9)2)17-20(18,19)14-8-11(16)4-6-13(14)15/h3-8,17H,16H2,1-2H3. The lowest BCUT2D eigenvalue weighted by Crippen LogP contribution is -2.14. The maximum atomic E-state index is 12.3. The van der Waals surface area contributed by atoms with E-state index in [9.17, 15) is 8.42 Å². The summed E-state index contributed by atoms with van der Waals surface area (Å²) in [5.74, 6) is 0. The molecule has 3 N–H and O–H groups in total. The van der Waals surface area contributed by atoms with Gasteiger partial charge in [0.2, 0.25) is 0 Å². The van der Waals surface area contributed by atoms with E-state index >= 15 is 0 Å². The number of nitrogens with one attached hydrogen (secondary N) is 1. The first-order valence-electron chi connectivity index (χ1n) is 5.95. The van der Waals surface area contributed by atoms with E-state index in [2.05, 4.69) is 4.72 Å². The summed E-state index contributed by atoms with van der Waals surface area (Å²) >= 11 is 5.93. The average molecular weight is 311 g/mol. The molecule has 0 aliphatic carbocycles. The second kappa shape index (κ2) is 5.34. The number of halogens is 1. The van der Waals surface area contributed by atoms with Crippen LogP contribution in [0.3, 0.4) is 0 Å². The van der Waals surface area contributed by atoms with E-state index in [0.717, 1.165) is 11.1 Å². The van der Waals surface area contributed by atoms with Crippen LogP contribution in [0.2, 0.25) is 5.02 Å². The summed E-state index contributed by atoms with van der Waals surface area (Å²) in [6, 6.07) is 9.69. The third-order valence-corrected chi connectivity index (χ3v) is 4.87. The first kappa shape index (κ1) is 14.7. The third-order valence-electron chi connectivity index (χ3n) is 3.00. The van der Waals surface area contributed by atoms with Crippen molar-refractivity contribution in [1.82, 2.24) is 0 Å². The normalized spacial score (nSPS) is 11.3. The van der Waals surface area contributed by atoms with Gasteiger partial charge in [0.25, 0.3) is 10.0 Å². The molecule has 0 bridgehead atoms. The van der Waals surface area contributed by atoms with Crippen LogP contribution in [-0.2, 0) is 10.0 Å². The first-order chi connectivity index (χ1) is 9.29. The smallest absolute Gasteiger partial charge is 0.263 e. The van der Waals surface area contributed by atoms with Crippen molar-refractivity contribution in [3.63, 3.8) is 0 Å². The number of hydrogen-bond acceptors (Lipinski definition) is 3. The summed E-state index contributed by atoms with van der Waals surface area (Å²) in [5.41, 5.74) is 8.54. The van der Waals surface area contributed by atoms with Crippen LogP contribution >= 0.6 is 11.6 Å². The minimum atomic E-state index is -3.76. The van der Waals surface area contributed by atoms with E-state index in [0.29, 0.717) is 11.4 Å². The molecule has 2 rings (SSSR count). The van der Waals surface area contributed by atoms with Crippen molar-refractivity contribution in [1.29, 1.82) is 0 Å². The molecule has 2 aromatic rings. The van der Waals surface area contributed by atoms with Crippen molar-refractivity contribution in [2.24, 2.45) is 0 Å². The lowest BCUT2D eigenvalue weighted by molar-refractivity contribution is 0.601. The lowest BCUT2D eigenvalue weighted by atomic mass is 10.1. The van der Waals surface area contributed by atoms with E-state index in [1.165, 1.54) is 12.1 Å². The molecule has 0 radical (unpaired) electrons. The summed E-state index contributed by atoms with van der Waals surface area (Å²) in [5, 5.41) is 0.135. The Morgan fingerprint density at radius 1 is 1.05 bits per heavy atom. The fourth-order valence-corrected chi connectivity index (χ4v) is 3.33. The molecule has 0 unspecified atom stereocenters. The Kier molecular flexibility index (Phi) is 3.92. The Bertz CT molecular complexity index is 758. The molecule has 0 aliphatic heterocycles. The highest BCUT2D eigenvalue weighted by Crippen LogP contribution is 2.26. The van der Waals surface area contributed by atoms with Crippen LogP contribution in [0.1, 0.15) is 11.1 Å². The highest BCUT2D eigenvalue weighted by molar-refractivity contribution is 7.92. The average Bonchev–Trinajstić information content (AvgIpc) is 2.36. The van der Waals surface area contributed by atoms with Gasteiger partial charge in [0.15, 0.2) is 0 Å². The quantitative estimate of drug-likeness (QED) is 0.854. The van der Waals surface area contributed by atoms with Gasteiger partial charge in [0, 0.05) is 11.4 Å². The summed E-state index contributed by atoms with van der Waals surface area (Å²) in [6.07, 6.45) is 0. The number of anilines is 2. The lowest BCUT2D eigenvalue weighted by Gasteiger charge is -2.11. The molecule has 2 aromatic carbocycles. The van der Waals surface area contributed by atoms with Gasteiger partial charge in [0.05, 0.1) is 5.02 Å². The van der Waals surface area contributed by atoms with Crippen molar-refractivity contribution in [3.8, 4) is 0 Å². The second-order valence-corrected chi connectivity index (χ2v) is 6.65. The Morgan fingerprint density at radius 3 is 2.40 bits per heavy atom. The molecule has 0 spiro atoms. The number of hydrogen-bond donors (Lipinski definition) is 2. The topological polar surface area (TPSA) is 72.2 Å². The molecule has 0 aliphatic rings. The highest BCUT2D eigenvalue weighted by atomic mass is 35.5. The number of nitrogen functional groups attached to an aromatic ring is 1. The molecule has 0 saturated carbocycles. The van der Waals surface area contributed by atoms with Gasteiger partial charge < -0.3 is 5.73 Å². The second-order valence-electron chi connectivity index (χ2n) is 4.59. The molecule has 4 nitrogen and oxygen atoms in total. The molecule has 0 heterocycles. The summed E-state index contributed by atoms with van der Waals surface area (Å²) in [4.78, 5) is -0.0302. The zero-order valence-electron chi connectivity index (χ0n) is 11.1. The highest BCUT2D eigenvalue weighted by Gasteiger charge is 2.18.